The highest BCUT2D eigenvalue weighted by Crippen LogP contribution is 2.35. The zero-order valence-electron chi connectivity index (χ0n) is 20.0. The number of ether oxygens (including phenoxy) is 2. The lowest BCUT2D eigenvalue weighted by Crippen LogP contribution is -2.10. The fourth-order valence-corrected chi connectivity index (χ4v) is 5.49. The van der Waals surface area contributed by atoms with Crippen LogP contribution in [0.5, 0.6) is 0 Å². The number of hydrogen-bond donors (Lipinski definition) is 0. The van der Waals surface area contributed by atoms with E-state index >= 15 is 0 Å². The van der Waals surface area contributed by atoms with E-state index in [9.17, 15) is 9.59 Å². The predicted octanol–water partition coefficient (Wildman–Crippen LogP) is 7.12. The van der Waals surface area contributed by atoms with Gasteiger partial charge in [-0.3, -0.25) is 0 Å². The van der Waals surface area contributed by atoms with Gasteiger partial charge in [0.05, 0.1) is 0 Å². The highest BCUT2D eigenvalue weighted by Gasteiger charge is 2.19. The number of carbonyl (C=O) groups excluding carboxylic acids is 2. The van der Waals surface area contributed by atoms with E-state index in [1.165, 1.54) is 87.5 Å². The topological polar surface area (TPSA) is 52.6 Å². The molecule has 0 unspecified atom stereocenters. The van der Waals surface area contributed by atoms with Crippen molar-refractivity contribution in [2.24, 2.45) is 0 Å². The second-order valence-corrected chi connectivity index (χ2v) is 9.62. The van der Waals surface area contributed by atoms with Crippen LogP contribution in [-0.4, -0.2) is 11.9 Å². The normalized spacial score (nSPS) is 17.5. The summed E-state index contributed by atoms with van der Waals surface area (Å²) in [7, 11) is 0. The van der Waals surface area contributed by atoms with E-state index in [1.54, 1.807) is 0 Å². The fraction of sp³-hybridized carbons (Fsp3) is 0.467. The second kappa shape index (κ2) is 12.5. The quantitative estimate of drug-likeness (QED) is 0.311. The van der Waals surface area contributed by atoms with Gasteiger partial charge in [-0.15, -0.1) is 0 Å². The third kappa shape index (κ3) is 6.82. The van der Waals surface area contributed by atoms with Crippen LogP contribution in [0.2, 0.25) is 0 Å². The molecule has 2 fully saturated rings. The number of esters is 2. The maximum absolute atomic E-state index is 12.2. The third-order valence-electron chi connectivity index (χ3n) is 7.30. The van der Waals surface area contributed by atoms with Crippen molar-refractivity contribution in [1.82, 2.24) is 0 Å². The lowest BCUT2D eigenvalue weighted by molar-refractivity contribution is -0.141. The van der Waals surface area contributed by atoms with Crippen LogP contribution < -0.4 is 0 Å². The van der Waals surface area contributed by atoms with E-state index in [1.807, 2.05) is 24.3 Å². The van der Waals surface area contributed by atoms with Gasteiger partial charge in [0, 0.05) is 12.2 Å². The van der Waals surface area contributed by atoms with Gasteiger partial charge in [0.15, 0.2) is 0 Å². The van der Waals surface area contributed by atoms with Gasteiger partial charge in [-0.25, -0.2) is 9.59 Å². The molecule has 0 amide bonds. The molecule has 4 heteroatoms. The predicted molar refractivity (Wildman–Crippen MR) is 133 cm³/mol. The Balaban J connectivity index is 1.26. The lowest BCUT2D eigenvalue weighted by atomic mass is 9.82. The molecule has 0 spiro atoms. The van der Waals surface area contributed by atoms with Crippen molar-refractivity contribution < 1.29 is 19.1 Å². The van der Waals surface area contributed by atoms with Crippen LogP contribution in [0.25, 0.3) is 0 Å². The molecule has 0 heterocycles. The van der Waals surface area contributed by atoms with Crippen molar-refractivity contribution in [3.63, 3.8) is 0 Å². The summed E-state index contributed by atoms with van der Waals surface area (Å²) in [5, 5.41) is 0. The molecule has 0 saturated heterocycles. The van der Waals surface area contributed by atoms with Gasteiger partial charge >= 0.3 is 11.9 Å². The van der Waals surface area contributed by atoms with Gasteiger partial charge in [0.25, 0.3) is 0 Å². The standard InChI is InChI=1S/C30H36O4/c31-29(33-21-25-15-7-9-17-27(25)23-11-3-1-4-12-23)19-20-30(32)34-22-26-16-8-10-18-28(26)24-13-5-2-6-14-24/h7-10,15-20,23-24H,1-6,11-14,21-22H2/b20-19+. The molecular formula is C30H36O4. The van der Waals surface area contributed by atoms with Crippen molar-refractivity contribution in [1.29, 1.82) is 0 Å². The summed E-state index contributed by atoms with van der Waals surface area (Å²) >= 11 is 0. The van der Waals surface area contributed by atoms with Crippen LogP contribution in [0.4, 0.5) is 0 Å². The molecule has 2 aromatic carbocycles. The van der Waals surface area contributed by atoms with Crippen molar-refractivity contribution >= 4 is 11.9 Å². The number of carbonyl (C=O) groups is 2. The van der Waals surface area contributed by atoms with E-state index in [0.29, 0.717) is 11.8 Å². The van der Waals surface area contributed by atoms with Crippen LogP contribution in [0, 0.1) is 0 Å². The smallest absolute Gasteiger partial charge is 0.331 e. The van der Waals surface area contributed by atoms with Crippen LogP contribution in [0.15, 0.2) is 60.7 Å². The average Bonchev–Trinajstić information content (AvgIpc) is 2.91. The Hall–Kier alpha value is -2.88. The Labute approximate surface area is 203 Å². The molecule has 2 aromatic rings. The molecule has 2 aliphatic rings. The SMILES string of the molecule is O=C(/C=C/C(=O)OCc1ccccc1C1CCCCC1)OCc1ccccc1C1CCCCC1. The van der Waals surface area contributed by atoms with Crippen LogP contribution in [0.1, 0.15) is 98.3 Å². The molecule has 2 aliphatic carbocycles. The summed E-state index contributed by atoms with van der Waals surface area (Å²) in [6.45, 7) is 0.444. The van der Waals surface area contributed by atoms with E-state index in [0.717, 1.165) is 11.1 Å². The number of hydrogen-bond acceptors (Lipinski definition) is 4. The molecule has 180 valence electrons. The molecule has 4 rings (SSSR count). The summed E-state index contributed by atoms with van der Waals surface area (Å²) in [5.41, 5.74) is 4.68. The first-order valence-corrected chi connectivity index (χ1v) is 12.9. The van der Waals surface area contributed by atoms with Gasteiger partial charge < -0.3 is 9.47 Å². The molecule has 0 bridgehead atoms. The second-order valence-electron chi connectivity index (χ2n) is 9.62. The Bertz CT molecular complexity index is 901. The Morgan fingerprint density at radius 3 is 1.41 bits per heavy atom. The fourth-order valence-electron chi connectivity index (χ4n) is 5.49. The van der Waals surface area contributed by atoms with Crippen LogP contribution in [-0.2, 0) is 32.3 Å². The molecule has 0 aromatic heterocycles. The zero-order valence-corrected chi connectivity index (χ0v) is 20.0. The summed E-state index contributed by atoms with van der Waals surface area (Å²) < 4.78 is 10.9. The number of rotatable bonds is 8. The molecule has 0 atom stereocenters. The molecule has 4 nitrogen and oxygen atoms in total. The van der Waals surface area contributed by atoms with E-state index in [-0.39, 0.29) is 13.2 Å². The number of benzene rings is 2. The maximum Gasteiger partial charge on any atom is 0.331 e. The first kappa shape index (κ1) is 24.3. The van der Waals surface area contributed by atoms with E-state index < -0.39 is 11.9 Å². The van der Waals surface area contributed by atoms with Gasteiger partial charge in [0.2, 0.25) is 0 Å². The van der Waals surface area contributed by atoms with Gasteiger partial charge in [-0.05, 0) is 59.8 Å². The van der Waals surface area contributed by atoms with Gasteiger partial charge in [-0.1, -0.05) is 87.1 Å². The zero-order chi connectivity index (χ0) is 23.6. The Morgan fingerprint density at radius 2 is 1.00 bits per heavy atom. The first-order valence-electron chi connectivity index (χ1n) is 12.9. The molecule has 0 aliphatic heterocycles. The van der Waals surface area contributed by atoms with Crippen molar-refractivity contribution in [2.75, 3.05) is 0 Å². The summed E-state index contributed by atoms with van der Waals surface area (Å²) in [4.78, 5) is 24.5. The van der Waals surface area contributed by atoms with Crippen molar-refractivity contribution in [2.45, 2.75) is 89.3 Å². The third-order valence-corrected chi connectivity index (χ3v) is 7.30. The average molecular weight is 461 g/mol. The van der Waals surface area contributed by atoms with Gasteiger partial charge in [0.1, 0.15) is 13.2 Å². The molecular weight excluding hydrogens is 424 g/mol. The minimum atomic E-state index is -0.530. The minimum absolute atomic E-state index is 0.222. The minimum Gasteiger partial charge on any atom is -0.458 e. The largest absolute Gasteiger partial charge is 0.458 e. The van der Waals surface area contributed by atoms with Crippen LogP contribution in [0.3, 0.4) is 0 Å². The molecule has 2 saturated carbocycles. The molecule has 34 heavy (non-hydrogen) atoms. The van der Waals surface area contributed by atoms with Gasteiger partial charge in [-0.2, -0.15) is 0 Å². The molecule has 0 N–H and O–H groups in total. The Kier molecular flexibility index (Phi) is 8.95. The summed E-state index contributed by atoms with van der Waals surface area (Å²) in [6.07, 6.45) is 14.8. The monoisotopic (exact) mass is 460 g/mol. The lowest BCUT2D eigenvalue weighted by Gasteiger charge is -2.24. The van der Waals surface area contributed by atoms with Crippen molar-refractivity contribution in [3.8, 4) is 0 Å². The van der Waals surface area contributed by atoms with E-state index in [2.05, 4.69) is 24.3 Å². The van der Waals surface area contributed by atoms with Crippen LogP contribution >= 0.6 is 0 Å². The summed E-state index contributed by atoms with van der Waals surface area (Å²) in [5.74, 6) is 0.0346. The summed E-state index contributed by atoms with van der Waals surface area (Å²) in [6, 6.07) is 16.4. The first-order chi connectivity index (χ1) is 16.7. The highest BCUT2D eigenvalue weighted by atomic mass is 16.5. The maximum atomic E-state index is 12.2. The Morgan fingerprint density at radius 1 is 0.618 bits per heavy atom. The van der Waals surface area contributed by atoms with E-state index in [4.69, 9.17) is 9.47 Å². The highest BCUT2D eigenvalue weighted by molar-refractivity contribution is 5.91. The van der Waals surface area contributed by atoms with Crippen molar-refractivity contribution in [3.05, 3.63) is 82.9 Å². The molecule has 0 radical (unpaired) electrons.